The maximum absolute atomic E-state index is 9.84. The first kappa shape index (κ1) is 10.5. The summed E-state index contributed by atoms with van der Waals surface area (Å²) in [5.74, 6) is 0.730. The van der Waals surface area contributed by atoms with Gasteiger partial charge in [0.25, 0.3) is 0 Å². The van der Waals surface area contributed by atoms with E-state index in [4.69, 9.17) is 0 Å². The molecule has 2 heteroatoms. The molecule has 1 nitrogen and oxygen atoms in total. The fourth-order valence-electron chi connectivity index (χ4n) is 1.74. The van der Waals surface area contributed by atoms with E-state index >= 15 is 0 Å². The van der Waals surface area contributed by atoms with Crippen molar-refractivity contribution in [2.45, 2.75) is 19.8 Å². The minimum atomic E-state index is 0.341. The summed E-state index contributed by atoms with van der Waals surface area (Å²) < 4.78 is 1.07. The summed E-state index contributed by atoms with van der Waals surface area (Å²) in [6.07, 6.45) is 0. The number of rotatable bonds is 1. The zero-order valence-electron chi connectivity index (χ0n) is 8.79. The van der Waals surface area contributed by atoms with Gasteiger partial charge in [-0.1, -0.05) is 35.8 Å². The van der Waals surface area contributed by atoms with Crippen LogP contribution in [-0.4, -0.2) is 5.11 Å². The Hall–Kier alpha value is -1.02. The third-order valence-corrected chi connectivity index (χ3v) is 3.06. The number of hydrogen-bond donors (Lipinski definition) is 1. The molecule has 0 fully saturated rings. The average molecular weight is 265 g/mol. The fourth-order valence-corrected chi connectivity index (χ4v) is 2.12. The van der Waals surface area contributed by atoms with Crippen molar-refractivity contribution in [1.82, 2.24) is 0 Å². The highest BCUT2D eigenvalue weighted by atomic mass is 79.9. The Morgan fingerprint density at radius 3 is 2.47 bits per heavy atom. The Bertz CT molecular complexity index is 503. The van der Waals surface area contributed by atoms with E-state index in [9.17, 15) is 5.11 Å². The lowest BCUT2D eigenvalue weighted by Gasteiger charge is -2.10. The zero-order chi connectivity index (χ0) is 11.0. The van der Waals surface area contributed by atoms with Crippen molar-refractivity contribution in [2.24, 2.45) is 0 Å². The van der Waals surface area contributed by atoms with E-state index in [2.05, 4.69) is 41.9 Å². The Labute approximate surface area is 97.9 Å². The molecule has 0 aliphatic heterocycles. The lowest BCUT2D eigenvalue weighted by molar-refractivity contribution is 0.466. The monoisotopic (exact) mass is 264 g/mol. The predicted octanol–water partition coefficient (Wildman–Crippen LogP) is 4.43. The first-order chi connectivity index (χ1) is 7.08. The Morgan fingerprint density at radius 2 is 1.80 bits per heavy atom. The minimum Gasteiger partial charge on any atom is -0.508 e. The smallest absolute Gasteiger partial charge is 0.119 e. The van der Waals surface area contributed by atoms with Crippen LogP contribution in [0.2, 0.25) is 0 Å². The van der Waals surface area contributed by atoms with E-state index in [1.807, 2.05) is 18.2 Å². The van der Waals surface area contributed by atoms with Gasteiger partial charge in [0.05, 0.1) is 0 Å². The highest BCUT2D eigenvalue weighted by Gasteiger charge is 2.07. The average Bonchev–Trinajstić information content (AvgIpc) is 2.17. The molecule has 0 atom stereocenters. The van der Waals surface area contributed by atoms with Gasteiger partial charge in [0.2, 0.25) is 0 Å². The maximum atomic E-state index is 9.84. The SMILES string of the molecule is CC(C)c1cc2cc(Br)ccc2cc1O. The molecule has 0 heterocycles. The van der Waals surface area contributed by atoms with Crippen molar-refractivity contribution in [3.05, 3.63) is 40.4 Å². The molecular formula is C13H13BrO. The van der Waals surface area contributed by atoms with E-state index in [0.29, 0.717) is 11.7 Å². The number of phenolic OH excluding ortho intramolecular Hbond substituents is 1. The van der Waals surface area contributed by atoms with Crippen molar-refractivity contribution in [1.29, 1.82) is 0 Å². The van der Waals surface area contributed by atoms with Gasteiger partial charge in [0.15, 0.2) is 0 Å². The predicted molar refractivity (Wildman–Crippen MR) is 67.4 cm³/mol. The molecule has 0 saturated heterocycles. The molecule has 15 heavy (non-hydrogen) atoms. The number of benzene rings is 2. The molecule has 0 radical (unpaired) electrons. The van der Waals surface area contributed by atoms with Gasteiger partial charge in [-0.3, -0.25) is 0 Å². The van der Waals surface area contributed by atoms with Gasteiger partial charge in [-0.05, 0) is 46.5 Å². The van der Waals surface area contributed by atoms with E-state index < -0.39 is 0 Å². The fraction of sp³-hybridized carbons (Fsp3) is 0.231. The summed E-state index contributed by atoms with van der Waals surface area (Å²) in [5.41, 5.74) is 1.00. The minimum absolute atomic E-state index is 0.341. The topological polar surface area (TPSA) is 20.2 Å². The van der Waals surface area contributed by atoms with Crippen LogP contribution in [0.5, 0.6) is 5.75 Å². The van der Waals surface area contributed by atoms with Gasteiger partial charge in [0.1, 0.15) is 5.75 Å². The van der Waals surface area contributed by atoms with Crippen molar-refractivity contribution in [3.8, 4) is 5.75 Å². The molecule has 1 N–H and O–H groups in total. The van der Waals surface area contributed by atoms with Crippen LogP contribution in [0.1, 0.15) is 25.3 Å². The van der Waals surface area contributed by atoms with Crippen molar-refractivity contribution < 1.29 is 5.11 Å². The van der Waals surface area contributed by atoms with Crippen LogP contribution in [0, 0.1) is 0 Å². The van der Waals surface area contributed by atoms with Gasteiger partial charge >= 0.3 is 0 Å². The van der Waals surface area contributed by atoms with Crippen molar-refractivity contribution in [2.75, 3.05) is 0 Å². The summed E-state index contributed by atoms with van der Waals surface area (Å²) in [6, 6.07) is 9.94. The van der Waals surface area contributed by atoms with Gasteiger partial charge in [-0.25, -0.2) is 0 Å². The number of fused-ring (bicyclic) bond motifs is 1. The second-order valence-corrected chi connectivity index (χ2v) is 4.97. The molecule has 0 aliphatic rings. The molecule has 0 saturated carbocycles. The lowest BCUT2D eigenvalue weighted by Crippen LogP contribution is -1.88. The van der Waals surface area contributed by atoms with Gasteiger partial charge in [-0.2, -0.15) is 0 Å². The molecular weight excluding hydrogens is 252 g/mol. The molecule has 0 amide bonds. The highest BCUT2D eigenvalue weighted by Crippen LogP contribution is 2.31. The molecule has 0 spiro atoms. The Kier molecular flexibility index (Phi) is 2.70. The number of aromatic hydroxyl groups is 1. The summed E-state index contributed by atoms with van der Waals surface area (Å²) in [4.78, 5) is 0. The summed E-state index contributed by atoms with van der Waals surface area (Å²) >= 11 is 3.45. The van der Waals surface area contributed by atoms with E-state index in [1.54, 1.807) is 0 Å². The molecule has 2 aromatic carbocycles. The standard InChI is InChI=1S/C13H13BrO/c1-8(2)12-6-10-5-11(14)4-3-9(10)7-13(12)15/h3-8,15H,1-2H3. The van der Waals surface area contributed by atoms with Gasteiger partial charge in [-0.15, -0.1) is 0 Å². The van der Waals surface area contributed by atoms with E-state index in [1.165, 1.54) is 0 Å². The number of hydrogen-bond acceptors (Lipinski definition) is 1. The maximum Gasteiger partial charge on any atom is 0.119 e. The van der Waals surface area contributed by atoms with Crippen LogP contribution in [-0.2, 0) is 0 Å². The molecule has 0 bridgehead atoms. The molecule has 0 unspecified atom stereocenters. The van der Waals surface area contributed by atoms with Crippen LogP contribution in [0.25, 0.3) is 10.8 Å². The van der Waals surface area contributed by atoms with Crippen LogP contribution in [0.15, 0.2) is 34.8 Å². The molecule has 0 aliphatic carbocycles. The molecule has 2 aromatic rings. The van der Waals surface area contributed by atoms with Crippen LogP contribution in [0.4, 0.5) is 0 Å². The molecule has 78 valence electrons. The van der Waals surface area contributed by atoms with Crippen LogP contribution in [0.3, 0.4) is 0 Å². The van der Waals surface area contributed by atoms with E-state index in [-0.39, 0.29) is 0 Å². The largest absolute Gasteiger partial charge is 0.508 e. The second-order valence-electron chi connectivity index (χ2n) is 4.06. The quantitative estimate of drug-likeness (QED) is 0.808. The Morgan fingerprint density at radius 1 is 1.07 bits per heavy atom. The van der Waals surface area contributed by atoms with Crippen molar-refractivity contribution >= 4 is 26.7 Å². The molecule has 2 rings (SSSR count). The Balaban J connectivity index is 2.72. The highest BCUT2D eigenvalue weighted by molar-refractivity contribution is 9.10. The number of phenols is 1. The zero-order valence-corrected chi connectivity index (χ0v) is 10.4. The summed E-state index contributed by atoms with van der Waals surface area (Å²) in [7, 11) is 0. The van der Waals surface area contributed by atoms with E-state index in [0.717, 1.165) is 20.8 Å². The number of halogens is 1. The second kappa shape index (κ2) is 3.86. The van der Waals surface area contributed by atoms with Crippen molar-refractivity contribution in [3.63, 3.8) is 0 Å². The van der Waals surface area contributed by atoms with Gasteiger partial charge < -0.3 is 5.11 Å². The normalized spacial score (nSPS) is 11.2. The van der Waals surface area contributed by atoms with Crippen LogP contribution < -0.4 is 0 Å². The first-order valence-corrected chi connectivity index (χ1v) is 5.79. The lowest BCUT2D eigenvalue weighted by atomic mass is 9.98. The van der Waals surface area contributed by atoms with Crippen LogP contribution >= 0.6 is 15.9 Å². The third kappa shape index (κ3) is 2.00. The summed E-state index contributed by atoms with van der Waals surface area (Å²) in [5, 5.41) is 12.1. The summed E-state index contributed by atoms with van der Waals surface area (Å²) in [6.45, 7) is 4.16. The first-order valence-electron chi connectivity index (χ1n) is 5.00. The van der Waals surface area contributed by atoms with Gasteiger partial charge in [0, 0.05) is 4.47 Å². The molecule has 0 aromatic heterocycles. The third-order valence-electron chi connectivity index (χ3n) is 2.57.